The first kappa shape index (κ1) is 17.9. The van der Waals surface area contributed by atoms with Crippen molar-refractivity contribution in [3.63, 3.8) is 0 Å². The van der Waals surface area contributed by atoms with Crippen LogP contribution >= 0.6 is 0 Å². The molecule has 1 aromatic rings. The molecule has 1 aliphatic rings. The molecule has 24 heavy (non-hydrogen) atoms. The molecular formula is C19H24O5. The van der Waals surface area contributed by atoms with Crippen molar-refractivity contribution in [2.45, 2.75) is 26.2 Å². The summed E-state index contributed by atoms with van der Waals surface area (Å²) in [7, 11) is 4.73. The fourth-order valence-corrected chi connectivity index (χ4v) is 2.96. The molecule has 130 valence electrons. The van der Waals surface area contributed by atoms with Crippen molar-refractivity contribution in [2.24, 2.45) is 0 Å². The van der Waals surface area contributed by atoms with Crippen LogP contribution in [-0.4, -0.2) is 33.7 Å². The Bertz CT molecular complexity index is 673. The minimum atomic E-state index is -0.149. The van der Waals surface area contributed by atoms with Crippen LogP contribution in [-0.2, 0) is 9.53 Å². The molecule has 0 spiro atoms. The third-order valence-electron chi connectivity index (χ3n) is 4.05. The number of benzene rings is 1. The number of hydrogen-bond acceptors (Lipinski definition) is 5. The Hall–Kier alpha value is -2.43. The first-order chi connectivity index (χ1) is 11.6. The summed E-state index contributed by atoms with van der Waals surface area (Å²) in [6.45, 7) is 4.35. The second-order valence-corrected chi connectivity index (χ2v) is 5.56. The summed E-state index contributed by atoms with van der Waals surface area (Å²) in [6.07, 6.45) is 3.94. The Morgan fingerprint density at radius 1 is 1.12 bits per heavy atom. The van der Waals surface area contributed by atoms with Crippen molar-refractivity contribution < 1.29 is 23.7 Å². The maximum absolute atomic E-state index is 12.5. The van der Waals surface area contributed by atoms with Crippen LogP contribution < -0.4 is 14.2 Å². The van der Waals surface area contributed by atoms with Crippen molar-refractivity contribution in [2.75, 3.05) is 27.9 Å². The van der Waals surface area contributed by atoms with Crippen LogP contribution in [0.2, 0.25) is 0 Å². The van der Waals surface area contributed by atoms with E-state index in [1.807, 2.05) is 26.0 Å². The quantitative estimate of drug-likeness (QED) is 0.588. The predicted molar refractivity (Wildman–Crippen MR) is 91.9 cm³/mol. The van der Waals surface area contributed by atoms with E-state index < -0.39 is 0 Å². The molecule has 0 aliphatic heterocycles. The van der Waals surface area contributed by atoms with Gasteiger partial charge in [-0.2, -0.15) is 0 Å². The number of ether oxygens (including phenoxy) is 4. The predicted octanol–water partition coefficient (Wildman–Crippen LogP) is 3.64. The topological polar surface area (TPSA) is 54.0 Å². The van der Waals surface area contributed by atoms with Crippen molar-refractivity contribution in [3.8, 4) is 17.2 Å². The van der Waals surface area contributed by atoms with Gasteiger partial charge in [-0.15, -0.1) is 0 Å². The van der Waals surface area contributed by atoms with Crippen LogP contribution in [0.5, 0.6) is 17.2 Å². The maximum atomic E-state index is 12.5. The zero-order valence-electron chi connectivity index (χ0n) is 14.8. The van der Waals surface area contributed by atoms with Gasteiger partial charge in [-0.3, -0.25) is 4.79 Å². The van der Waals surface area contributed by atoms with Crippen molar-refractivity contribution in [1.29, 1.82) is 0 Å². The van der Waals surface area contributed by atoms with Gasteiger partial charge in [-0.1, -0.05) is 11.6 Å². The Balaban J connectivity index is 2.59. The second kappa shape index (κ2) is 7.90. The normalized spacial score (nSPS) is 19.0. The summed E-state index contributed by atoms with van der Waals surface area (Å²) in [4.78, 5) is 12.5. The molecule has 1 aliphatic carbocycles. The van der Waals surface area contributed by atoms with Crippen LogP contribution in [0.15, 0.2) is 35.6 Å². The van der Waals surface area contributed by atoms with Gasteiger partial charge in [0.25, 0.3) is 0 Å². The van der Waals surface area contributed by atoms with E-state index >= 15 is 0 Å². The number of allylic oxidation sites excluding steroid dienone is 3. The van der Waals surface area contributed by atoms with E-state index in [1.54, 1.807) is 33.7 Å². The monoisotopic (exact) mass is 332 g/mol. The Kier molecular flexibility index (Phi) is 5.90. The molecule has 2 rings (SSSR count). The van der Waals surface area contributed by atoms with Crippen LogP contribution in [0, 0.1) is 0 Å². The summed E-state index contributed by atoms with van der Waals surface area (Å²) >= 11 is 0. The SMILES string of the molecule is CCO/C=C1\C(=O)C=C(C)C[C@@H]1c1ccc(OC)c(OC)c1OC. The number of hydrogen-bond donors (Lipinski definition) is 0. The zero-order chi connectivity index (χ0) is 17.7. The van der Waals surface area contributed by atoms with Gasteiger partial charge in [0.1, 0.15) is 0 Å². The summed E-state index contributed by atoms with van der Waals surface area (Å²) in [5.74, 6) is 1.50. The third-order valence-corrected chi connectivity index (χ3v) is 4.05. The highest BCUT2D eigenvalue weighted by atomic mass is 16.5. The lowest BCUT2D eigenvalue weighted by atomic mass is 9.79. The summed E-state index contributed by atoms with van der Waals surface area (Å²) in [6, 6.07) is 3.74. The highest BCUT2D eigenvalue weighted by molar-refractivity contribution is 6.06. The minimum Gasteiger partial charge on any atom is -0.501 e. The molecule has 0 N–H and O–H groups in total. The minimum absolute atomic E-state index is 0.0333. The van der Waals surface area contributed by atoms with E-state index in [-0.39, 0.29) is 11.7 Å². The number of carbonyl (C=O) groups excluding carboxylic acids is 1. The molecule has 0 aromatic heterocycles. The summed E-state index contributed by atoms with van der Waals surface area (Å²) in [5.41, 5.74) is 2.52. The van der Waals surface area contributed by atoms with Crippen LogP contribution in [0.1, 0.15) is 31.7 Å². The highest BCUT2D eigenvalue weighted by Crippen LogP contribution is 2.47. The molecule has 0 saturated heterocycles. The van der Waals surface area contributed by atoms with Gasteiger partial charge in [0.15, 0.2) is 17.3 Å². The largest absolute Gasteiger partial charge is 0.501 e. The van der Waals surface area contributed by atoms with Gasteiger partial charge in [0, 0.05) is 17.1 Å². The van der Waals surface area contributed by atoms with E-state index in [0.717, 1.165) is 17.6 Å². The average Bonchev–Trinajstić information content (AvgIpc) is 2.58. The number of carbonyl (C=O) groups is 1. The van der Waals surface area contributed by atoms with Crippen LogP contribution in [0.25, 0.3) is 0 Å². The molecular weight excluding hydrogens is 308 g/mol. The first-order valence-corrected chi connectivity index (χ1v) is 7.89. The van der Waals surface area contributed by atoms with Crippen LogP contribution in [0.4, 0.5) is 0 Å². The fourth-order valence-electron chi connectivity index (χ4n) is 2.96. The number of rotatable bonds is 6. The van der Waals surface area contributed by atoms with Crippen molar-refractivity contribution in [1.82, 2.24) is 0 Å². The standard InChI is InChI=1S/C19H24O5/c1-6-24-11-15-14(9-12(2)10-16(15)20)13-7-8-17(21-3)19(23-5)18(13)22-4/h7-8,10-11,14H,6,9H2,1-5H3/b15-11-/t14-/m1/s1. The Labute approximate surface area is 142 Å². The smallest absolute Gasteiger partial charge is 0.203 e. The van der Waals surface area contributed by atoms with E-state index in [9.17, 15) is 4.79 Å². The van der Waals surface area contributed by atoms with E-state index in [2.05, 4.69) is 0 Å². The van der Waals surface area contributed by atoms with Gasteiger partial charge >= 0.3 is 0 Å². The fraction of sp³-hybridized carbons (Fsp3) is 0.421. The van der Waals surface area contributed by atoms with E-state index in [1.165, 1.54) is 0 Å². The van der Waals surface area contributed by atoms with E-state index in [0.29, 0.717) is 29.4 Å². The number of ketones is 1. The van der Waals surface area contributed by atoms with Gasteiger partial charge in [0.2, 0.25) is 5.75 Å². The lowest BCUT2D eigenvalue weighted by Crippen LogP contribution is -2.17. The molecule has 1 atom stereocenters. The molecule has 0 amide bonds. The summed E-state index contributed by atoms with van der Waals surface area (Å²) < 4.78 is 21.8. The zero-order valence-corrected chi connectivity index (χ0v) is 14.8. The first-order valence-electron chi connectivity index (χ1n) is 7.89. The lowest BCUT2D eigenvalue weighted by Gasteiger charge is -2.26. The van der Waals surface area contributed by atoms with Gasteiger partial charge in [-0.25, -0.2) is 0 Å². The lowest BCUT2D eigenvalue weighted by molar-refractivity contribution is -0.112. The molecule has 0 heterocycles. The molecule has 0 saturated carbocycles. The van der Waals surface area contributed by atoms with Crippen molar-refractivity contribution >= 4 is 5.78 Å². The number of methoxy groups -OCH3 is 3. The molecule has 5 nitrogen and oxygen atoms in total. The Morgan fingerprint density at radius 2 is 1.83 bits per heavy atom. The van der Waals surface area contributed by atoms with Gasteiger partial charge in [0.05, 0.1) is 34.2 Å². The Morgan fingerprint density at radius 3 is 2.42 bits per heavy atom. The second-order valence-electron chi connectivity index (χ2n) is 5.56. The van der Waals surface area contributed by atoms with Gasteiger partial charge < -0.3 is 18.9 Å². The van der Waals surface area contributed by atoms with E-state index in [4.69, 9.17) is 18.9 Å². The average molecular weight is 332 g/mol. The van der Waals surface area contributed by atoms with Crippen molar-refractivity contribution in [3.05, 3.63) is 41.2 Å². The molecule has 0 radical (unpaired) electrons. The molecule has 1 aromatic carbocycles. The molecule has 0 bridgehead atoms. The van der Waals surface area contributed by atoms with Crippen LogP contribution in [0.3, 0.4) is 0 Å². The maximum Gasteiger partial charge on any atom is 0.203 e. The third kappa shape index (κ3) is 3.40. The molecule has 5 heteroatoms. The summed E-state index contributed by atoms with van der Waals surface area (Å²) in [5, 5.41) is 0. The molecule has 0 unspecified atom stereocenters. The molecule has 0 fully saturated rings. The highest BCUT2D eigenvalue weighted by Gasteiger charge is 2.31. The van der Waals surface area contributed by atoms with Gasteiger partial charge in [-0.05, 0) is 32.4 Å².